The fraction of sp³-hybridized carbons (Fsp3) is 0.375. The quantitative estimate of drug-likeness (QED) is 0.805. The first-order valence-corrected chi connectivity index (χ1v) is 9.25. The highest BCUT2D eigenvalue weighted by Crippen LogP contribution is 2.20. The molecule has 0 aliphatic carbocycles. The molecule has 2 heterocycles. The Kier molecular flexibility index (Phi) is 5.47. The lowest BCUT2D eigenvalue weighted by Gasteiger charge is -2.17. The molecule has 0 atom stereocenters. The highest BCUT2D eigenvalue weighted by atomic mass is 32.2. The van der Waals surface area contributed by atoms with Crippen LogP contribution in [0.2, 0.25) is 0 Å². The van der Waals surface area contributed by atoms with Crippen molar-refractivity contribution in [3.63, 3.8) is 0 Å². The van der Waals surface area contributed by atoms with Crippen LogP contribution in [0, 0.1) is 6.92 Å². The van der Waals surface area contributed by atoms with Crippen molar-refractivity contribution in [1.29, 1.82) is 0 Å². The third-order valence-corrected chi connectivity index (χ3v) is 5.22. The van der Waals surface area contributed by atoms with E-state index >= 15 is 0 Å². The van der Waals surface area contributed by atoms with Crippen LogP contribution in [0.1, 0.15) is 24.2 Å². The molecule has 1 aliphatic heterocycles. The van der Waals surface area contributed by atoms with Gasteiger partial charge in [-0.2, -0.15) is 15.0 Å². The maximum atomic E-state index is 5.81. The largest absolute Gasteiger partial charge is 0.368 e. The monoisotopic (exact) mass is 360 g/mol. The Bertz CT molecular complexity index is 713. The zero-order valence-electron chi connectivity index (χ0n) is 13.5. The molecule has 0 spiro atoms. The van der Waals surface area contributed by atoms with Crippen LogP contribution in [0.25, 0.3) is 0 Å². The number of hydrogen-bond donors (Lipinski definition) is 2. The standard InChI is InChI=1S/C16H20N6S2/c1-11-4-6-12(7-5-11)18-15-20-13(19-14(17)21-15)10-24-16(23)22-8-2-3-9-22/h4-7H,2-3,8-10H2,1H3,(H3,17,18,19,20,21). The molecular formula is C16H20N6S2. The molecule has 0 unspecified atom stereocenters. The number of rotatable bonds is 4. The Morgan fingerprint density at radius 1 is 1.21 bits per heavy atom. The van der Waals surface area contributed by atoms with Crippen LogP contribution in [0.15, 0.2) is 24.3 Å². The fourth-order valence-corrected chi connectivity index (χ4v) is 3.55. The number of hydrogen-bond acceptors (Lipinski definition) is 7. The number of anilines is 3. The normalized spacial score (nSPS) is 14.0. The summed E-state index contributed by atoms with van der Waals surface area (Å²) in [5.41, 5.74) is 7.92. The molecule has 6 nitrogen and oxygen atoms in total. The molecular weight excluding hydrogens is 340 g/mol. The van der Waals surface area contributed by atoms with Gasteiger partial charge in [-0.25, -0.2) is 0 Å². The highest BCUT2D eigenvalue weighted by molar-refractivity contribution is 8.22. The Hall–Kier alpha value is -1.93. The summed E-state index contributed by atoms with van der Waals surface area (Å²) < 4.78 is 0.902. The van der Waals surface area contributed by atoms with Gasteiger partial charge in [-0.05, 0) is 31.9 Å². The smallest absolute Gasteiger partial charge is 0.232 e. The predicted octanol–water partition coefficient (Wildman–Crippen LogP) is 3.12. The minimum Gasteiger partial charge on any atom is -0.368 e. The minimum absolute atomic E-state index is 0.210. The van der Waals surface area contributed by atoms with Crippen molar-refractivity contribution in [3.8, 4) is 0 Å². The zero-order chi connectivity index (χ0) is 16.9. The van der Waals surface area contributed by atoms with Gasteiger partial charge < -0.3 is 16.0 Å². The number of thioether (sulfide) groups is 1. The van der Waals surface area contributed by atoms with E-state index in [1.807, 2.05) is 31.2 Å². The number of nitrogen functional groups attached to an aromatic ring is 1. The Morgan fingerprint density at radius 2 is 1.92 bits per heavy atom. The van der Waals surface area contributed by atoms with Gasteiger partial charge in [-0.1, -0.05) is 41.7 Å². The maximum absolute atomic E-state index is 5.81. The summed E-state index contributed by atoms with van der Waals surface area (Å²) >= 11 is 7.04. The van der Waals surface area contributed by atoms with Crippen LogP contribution in [-0.4, -0.2) is 37.3 Å². The second-order valence-corrected chi connectivity index (χ2v) is 7.28. The average molecular weight is 361 g/mol. The van der Waals surface area contributed by atoms with Crippen molar-refractivity contribution >= 4 is 45.9 Å². The van der Waals surface area contributed by atoms with Gasteiger partial charge in [0.05, 0.1) is 5.75 Å². The van der Waals surface area contributed by atoms with Crippen molar-refractivity contribution in [2.24, 2.45) is 0 Å². The van der Waals surface area contributed by atoms with Gasteiger partial charge >= 0.3 is 0 Å². The third-order valence-electron chi connectivity index (χ3n) is 3.70. The predicted molar refractivity (Wildman–Crippen MR) is 103 cm³/mol. The van der Waals surface area contributed by atoms with Crippen LogP contribution in [0.5, 0.6) is 0 Å². The van der Waals surface area contributed by atoms with Crippen LogP contribution in [0.4, 0.5) is 17.6 Å². The molecule has 0 radical (unpaired) electrons. The van der Waals surface area contributed by atoms with E-state index in [1.54, 1.807) is 11.8 Å². The highest BCUT2D eigenvalue weighted by Gasteiger charge is 2.16. The summed E-state index contributed by atoms with van der Waals surface area (Å²) in [7, 11) is 0. The van der Waals surface area contributed by atoms with Crippen molar-refractivity contribution in [2.45, 2.75) is 25.5 Å². The SMILES string of the molecule is Cc1ccc(Nc2nc(N)nc(CSC(=S)N3CCCC3)n2)cc1. The average Bonchev–Trinajstić information content (AvgIpc) is 3.09. The number of nitrogens with one attached hydrogen (secondary N) is 1. The summed E-state index contributed by atoms with van der Waals surface area (Å²) in [4.78, 5) is 15.0. The number of thiocarbonyl (C=S) groups is 1. The Labute approximate surface area is 151 Å². The van der Waals surface area contributed by atoms with Gasteiger partial charge in [0.25, 0.3) is 0 Å². The Morgan fingerprint density at radius 3 is 2.62 bits per heavy atom. The molecule has 2 aromatic rings. The first kappa shape index (κ1) is 16.9. The van der Waals surface area contributed by atoms with Crippen LogP contribution in [0.3, 0.4) is 0 Å². The van der Waals surface area contributed by atoms with Gasteiger partial charge in [0.1, 0.15) is 10.1 Å². The van der Waals surface area contributed by atoms with Crippen LogP contribution < -0.4 is 11.1 Å². The fourth-order valence-electron chi connectivity index (χ4n) is 2.44. The lowest BCUT2D eigenvalue weighted by atomic mass is 10.2. The van der Waals surface area contributed by atoms with Gasteiger partial charge in [0.15, 0.2) is 0 Å². The first-order chi connectivity index (χ1) is 11.6. The minimum atomic E-state index is 0.210. The van der Waals surface area contributed by atoms with Crippen molar-refractivity contribution in [3.05, 3.63) is 35.7 Å². The molecule has 1 fully saturated rings. The molecule has 3 N–H and O–H groups in total. The van der Waals surface area contributed by atoms with E-state index < -0.39 is 0 Å². The molecule has 0 bridgehead atoms. The topological polar surface area (TPSA) is 80.0 Å². The lowest BCUT2D eigenvalue weighted by Crippen LogP contribution is -2.23. The first-order valence-electron chi connectivity index (χ1n) is 7.86. The maximum Gasteiger partial charge on any atom is 0.232 e. The number of nitrogens with zero attached hydrogens (tertiary/aromatic N) is 4. The van der Waals surface area contributed by atoms with E-state index in [0.717, 1.165) is 23.1 Å². The van der Waals surface area contributed by atoms with Gasteiger partial charge in [-0.3, -0.25) is 0 Å². The van der Waals surface area contributed by atoms with Crippen molar-refractivity contribution in [1.82, 2.24) is 19.9 Å². The summed E-state index contributed by atoms with van der Waals surface area (Å²) in [5.74, 6) is 1.88. The summed E-state index contributed by atoms with van der Waals surface area (Å²) in [5, 5.41) is 3.16. The number of aryl methyl sites for hydroxylation is 1. The van der Waals surface area contributed by atoms with Crippen molar-refractivity contribution < 1.29 is 0 Å². The number of aromatic nitrogens is 3. The molecule has 24 heavy (non-hydrogen) atoms. The molecule has 3 rings (SSSR count). The van der Waals surface area contributed by atoms with Gasteiger partial charge in [0.2, 0.25) is 11.9 Å². The second kappa shape index (κ2) is 7.76. The molecule has 1 aliphatic rings. The van der Waals surface area contributed by atoms with E-state index in [-0.39, 0.29) is 5.95 Å². The number of benzene rings is 1. The lowest BCUT2D eigenvalue weighted by molar-refractivity contribution is 0.539. The van der Waals surface area contributed by atoms with Gasteiger partial charge in [0, 0.05) is 18.8 Å². The summed E-state index contributed by atoms with van der Waals surface area (Å²) in [6, 6.07) is 8.01. The second-order valence-electron chi connectivity index (χ2n) is 5.67. The summed E-state index contributed by atoms with van der Waals surface area (Å²) in [6.45, 7) is 4.14. The molecule has 126 valence electrons. The van der Waals surface area contributed by atoms with E-state index in [9.17, 15) is 0 Å². The van der Waals surface area contributed by atoms with E-state index in [1.165, 1.54) is 18.4 Å². The molecule has 1 aromatic heterocycles. The molecule has 0 saturated carbocycles. The van der Waals surface area contributed by atoms with Crippen LogP contribution in [-0.2, 0) is 5.75 Å². The summed E-state index contributed by atoms with van der Waals surface area (Å²) in [6.07, 6.45) is 2.42. The van der Waals surface area contributed by atoms with Crippen molar-refractivity contribution in [2.75, 3.05) is 24.1 Å². The zero-order valence-corrected chi connectivity index (χ0v) is 15.2. The molecule has 1 aromatic carbocycles. The third kappa shape index (κ3) is 4.55. The van der Waals surface area contributed by atoms with Crippen LogP contribution >= 0.6 is 24.0 Å². The van der Waals surface area contributed by atoms with E-state index in [0.29, 0.717) is 17.5 Å². The van der Waals surface area contributed by atoms with Gasteiger partial charge in [-0.15, -0.1) is 0 Å². The Balaban J connectivity index is 1.64. The molecule has 8 heteroatoms. The molecule has 1 saturated heterocycles. The van der Waals surface area contributed by atoms with E-state index in [2.05, 4.69) is 25.2 Å². The van der Waals surface area contributed by atoms with E-state index in [4.69, 9.17) is 18.0 Å². The number of nitrogens with two attached hydrogens (primary N) is 1. The number of likely N-dealkylation sites (tertiary alicyclic amines) is 1. The molecule has 0 amide bonds.